The molecule has 23 heavy (non-hydrogen) atoms. The molecule has 2 N–H and O–H groups in total. The minimum atomic E-state index is -0.367. The van der Waals surface area contributed by atoms with E-state index < -0.39 is 0 Å². The number of aryl methyl sites for hydroxylation is 1. The molecule has 1 aliphatic heterocycles. The Kier molecular flexibility index (Phi) is 5.74. The third-order valence-corrected chi connectivity index (χ3v) is 3.79. The number of nitrogens with zero attached hydrogens (tertiary/aromatic N) is 2. The highest BCUT2D eigenvalue weighted by atomic mass is 35.5. The first-order valence-corrected chi connectivity index (χ1v) is 7.46. The molecular weight excluding hydrogens is 319 g/mol. The summed E-state index contributed by atoms with van der Waals surface area (Å²) in [5.41, 5.74) is 1.54. The lowest BCUT2D eigenvalue weighted by atomic mass is 10.1. The van der Waals surface area contributed by atoms with E-state index in [1.807, 2.05) is 10.9 Å². The highest BCUT2D eigenvalue weighted by molar-refractivity contribution is 6.02. The van der Waals surface area contributed by atoms with Gasteiger partial charge >= 0.3 is 0 Å². The third kappa shape index (κ3) is 4.30. The van der Waals surface area contributed by atoms with Gasteiger partial charge in [-0.2, -0.15) is 5.10 Å². The molecule has 124 valence electrons. The Labute approximate surface area is 140 Å². The minimum Gasteiger partial charge on any atom is -0.320 e. The van der Waals surface area contributed by atoms with E-state index in [9.17, 15) is 9.18 Å². The second kappa shape index (κ2) is 7.57. The average molecular weight is 339 g/mol. The summed E-state index contributed by atoms with van der Waals surface area (Å²) in [5, 5.41) is 10.4. The molecule has 1 fully saturated rings. The number of hydrogen-bond donors (Lipinski definition) is 2. The summed E-state index contributed by atoms with van der Waals surface area (Å²) in [7, 11) is 0. The van der Waals surface area contributed by atoms with Crippen LogP contribution in [-0.2, 0) is 0 Å². The number of hydrogen-bond acceptors (Lipinski definition) is 3. The Balaban J connectivity index is 0.00000192. The highest BCUT2D eigenvalue weighted by Crippen LogP contribution is 2.17. The zero-order valence-corrected chi connectivity index (χ0v) is 13.7. The molecule has 1 aliphatic rings. The number of halogens is 2. The maximum absolute atomic E-state index is 13.3. The van der Waals surface area contributed by atoms with E-state index in [-0.39, 0.29) is 30.2 Å². The van der Waals surface area contributed by atoms with Gasteiger partial charge in [0.05, 0.1) is 6.04 Å². The van der Waals surface area contributed by atoms with Crippen molar-refractivity contribution in [2.24, 2.45) is 0 Å². The van der Waals surface area contributed by atoms with Crippen molar-refractivity contribution in [2.45, 2.75) is 25.8 Å². The normalized spacial score (nSPS) is 17.4. The van der Waals surface area contributed by atoms with Crippen LogP contribution in [0.3, 0.4) is 0 Å². The standard InChI is InChI=1S/C16H19FN4O.ClH/c1-11-7-12(17)9-13(8-11)19-16(22)15-4-6-21(20-15)14-3-2-5-18-10-14;/h4,6-9,14,18H,2-3,5,10H2,1H3,(H,19,22);1H. The zero-order valence-electron chi connectivity index (χ0n) is 12.9. The van der Waals surface area contributed by atoms with Gasteiger partial charge in [-0.15, -0.1) is 12.4 Å². The third-order valence-electron chi connectivity index (χ3n) is 3.79. The van der Waals surface area contributed by atoms with E-state index in [1.165, 1.54) is 12.1 Å². The Morgan fingerprint density at radius 1 is 1.43 bits per heavy atom. The molecule has 0 radical (unpaired) electrons. The molecule has 0 saturated carbocycles. The molecule has 1 aromatic carbocycles. The number of anilines is 1. The number of rotatable bonds is 3. The lowest BCUT2D eigenvalue weighted by Gasteiger charge is -2.22. The van der Waals surface area contributed by atoms with E-state index in [2.05, 4.69) is 15.7 Å². The van der Waals surface area contributed by atoms with Crippen LogP contribution in [0.25, 0.3) is 0 Å². The SMILES string of the molecule is Cc1cc(F)cc(NC(=O)c2ccn(C3CCCNC3)n2)c1.Cl. The summed E-state index contributed by atoms with van der Waals surface area (Å²) in [4.78, 5) is 12.2. The lowest BCUT2D eigenvalue weighted by molar-refractivity contribution is 0.102. The van der Waals surface area contributed by atoms with Gasteiger partial charge in [0.2, 0.25) is 0 Å². The molecule has 2 heterocycles. The van der Waals surface area contributed by atoms with Crippen molar-refractivity contribution in [1.82, 2.24) is 15.1 Å². The van der Waals surface area contributed by atoms with Gasteiger partial charge < -0.3 is 10.6 Å². The van der Waals surface area contributed by atoms with Gasteiger partial charge in [0.1, 0.15) is 5.82 Å². The van der Waals surface area contributed by atoms with Gasteiger partial charge in [0, 0.05) is 18.4 Å². The number of nitrogens with one attached hydrogen (secondary N) is 2. The van der Waals surface area contributed by atoms with E-state index in [4.69, 9.17) is 0 Å². The van der Waals surface area contributed by atoms with Crippen molar-refractivity contribution < 1.29 is 9.18 Å². The first kappa shape index (κ1) is 17.4. The summed E-state index contributed by atoms with van der Waals surface area (Å²) in [6.45, 7) is 3.68. The molecule has 2 aromatic rings. The van der Waals surface area contributed by atoms with Crippen molar-refractivity contribution in [3.05, 3.63) is 47.5 Å². The number of amides is 1. The summed E-state index contributed by atoms with van der Waals surface area (Å²) in [5.74, 6) is -0.693. The number of aromatic nitrogens is 2. The zero-order chi connectivity index (χ0) is 15.5. The summed E-state index contributed by atoms with van der Waals surface area (Å²) in [6, 6.07) is 6.42. The molecular formula is C16H20ClFN4O. The van der Waals surface area contributed by atoms with Crippen molar-refractivity contribution in [3.63, 3.8) is 0 Å². The molecule has 5 nitrogen and oxygen atoms in total. The predicted molar refractivity (Wildman–Crippen MR) is 89.7 cm³/mol. The van der Waals surface area contributed by atoms with E-state index >= 15 is 0 Å². The van der Waals surface area contributed by atoms with E-state index in [0.29, 0.717) is 11.4 Å². The van der Waals surface area contributed by atoms with Crippen LogP contribution in [0.15, 0.2) is 30.5 Å². The number of carbonyl (C=O) groups excluding carboxylic acids is 1. The number of carbonyl (C=O) groups is 1. The Morgan fingerprint density at radius 3 is 2.96 bits per heavy atom. The van der Waals surface area contributed by atoms with Crippen LogP contribution in [0.4, 0.5) is 10.1 Å². The van der Waals surface area contributed by atoms with Gasteiger partial charge in [-0.05, 0) is 56.1 Å². The van der Waals surface area contributed by atoms with Crippen LogP contribution in [0.2, 0.25) is 0 Å². The molecule has 1 atom stereocenters. The first-order valence-electron chi connectivity index (χ1n) is 7.46. The molecule has 0 spiro atoms. The van der Waals surface area contributed by atoms with Crippen LogP contribution in [0.1, 0.15) is 34.9 Å². The smallest absolute Gasteiger partial charge is 0.276 e. The second-order valence-corrected chi connectivity index (χ2v) is 5.65. The maximum Gasteiger partial charge on any atom is 0.276 e. The van der Waals surface area contributed by atoms with Crippen LogP contribution >= 0.6 is 12.4 Å². The number of benzene rings is 1. The molecule has 0 aliphatic carbocycles. The average Bonchev–Trinajstić information content (AvgIpc) is 2.97. The molecule has 0 bridgehead atoms. The lowest BCUT2D eigenvalue weighted by Crippen LogP contribution is -2.32. The topological polar surface area (TPSA) is 59.0 Å². The Bertz CT molecular complexity index is 662. The van der Waals surface area contributed by atoms with Crippen molar-refractivity contribution in [1.29, 1.82) is 0 Å². The Hall–Kier alpha value is -1.92. The van der Waals surface area contributed by atoms with Crippen LogP contribution in [0.5, 0.6) is 0 Å². The first-order chi connectivity index (χ1) is 10.6. The minimum absolute atomic E-state index is 0. The fourth-order valence-electron chi connectivity index (χ4n) is 2.73. The Morgan fingerprint density at radius 2 is 2.26 bits per heavy atom. The van der Waals surface area contributed by atoms with Crippen LogP contribution < -0.4 is 10.6 Å². The van der Waals surface area contributed by atoms with Gasteiger partial charge in [-0.25, -0.2) is 4.39 Å². The summed E-state index contributed by atoms with van der Waals surface area (Å²) >= 11 is 0. The second-order valence-electron chi connectivity index (χ2n) is 5.65. The molecule has 1 aromatic heterocycles. The van der Waals surface area contributed by atoms with Crippen molar-refractivity contribution >= 4 is 24.0 Å². The monoisotopic (exact) mass is 338 g/mol. The molecule has 1 saturated heterocycles. The van der Waals surface area contributed by atoms with Crippen LogP contribution in [0, 0.1) is 12.7 Å². The van der Waals surface area contributed by atoms with Crippen LogP contribution in [-0.4, -0.2) is 28.8 Å². The van der Waals surface area contributed by atoms with Gasteiger partial charge in [0.25, 0.3) is 5.91 Å². The molecule has 1 amide bonds. The van der Waals surface area contributed by atoms with Gasteiger partial charge in [0.15, 0.2) is 5.69 Å². The van der Waals surface area contributed by atoms with E-state index in [1.54, 1.807) is 19.1 Å². The number of piperidine rings is 1. The van der Waals surface area contributed by atoms with E-state index in [0.717, 1.165) is 31.5 Å². The maximum atomic E-state index is 13.3. The molecule has 1 unspecified atom stereocenters. The van der Waals surface area contributed by atoms with Crippen molar-refractivity contribution in [3.8, 4) is 0 Å². The fourth-order valence-corrected chi connectivity index (χ4v) is 2.73. The van der Waals surface area contributed by atoms with Crippen molar-refractivity contribution in [2.75, 3.05) is 18.4 Å². The predicted octanol–water partition coefficient (Wildman–Crippen LogP) is 2.93. The molecule has 3 rings (SSSR count). The summed E-state index contributed by atoms with van der Waals surface area (Å²) in [6.07, 6.45) is 3.98. The highest BCUT2D eigenvalue weighted by Gasteiger charge is 2.17. The van der Waals surface area contributed by atoms with Gasteiger partial charge in [-0.1, -0.05) is 0 Å². The quantitative estimate of drug-likeness (QED) is 0.904. The molecule has 7 heteroatoms. The summed E-state index contributed by atoms with van der Waals surface area (Å²) < 4.78 is 15.2. The largest absolute Gasteiger partial charge is 0.320 e. The van der Waals surface area contributed by atoms with Gasteiger partial charge in [-0.3, -0.25) is 9.48 Å². The fraction of sp³-hybridized carbons (Fsp3) is 0.375.